The monoisotopic (exact) mass is 168 g/mol. The van der Waals surface area contributed by atoms with Crippen molar-refractivity contribution in [3.63, 3.8) is 0 Å². The first kappa shape index (κ1) is 9.00. The van der Waals surface area contributed by atoms with E-state index in [-0.39, 0.29) is 12.1 Å². The number of rotatable bonds is 5. The van der Waals surface area contributed by atoms with Crippen molar-refractivity contribution in [3.8, 4) is 0 Å². The second kappa shape index (κ2) is 4.07. The first-order valence-corrected chi connectivity index (χ1v) is 3.81. The highest BCUT2D eigenvalue weighted by Gasteiger charge is 2.24. The molecule has 0 bridgehead atoms. The molecule has 0 aromatic rings. The van der Waals surface area contributed by atoms with Gasteiger partial charge in [0.1, 0.15) is 12.7 Å². The molecule has 0 saturated carbocycles. The molecule has 1 fully saturated rings. The fraction of sp³-hybridized carbons (Fsp3) is 0.444. The van der Waals surface area contributed by atoms with Crippen LogP contribution in [0.4, 0.5) is 0 Å². The molecule has 1 unspecified atom stereocenters. The van der Waals surface area contributed by atoms with Gasteiger partial charge >= 0.3 is 5.97 Å². The third-order valence-electron chi connectivity index (χ3n) is 1.48. The lowest BCUT2D eigenvalue weighted by atomic mass is 10.2. The van der Waals surface area contributed by atoms with Gasteiger partial charge in [-0.05, 0) is 6.42 Å². The van der Waals surface area contributed by atoms with E-state index in [1.54, 1.807) is 6.08 Å². The molecule has 1 aliphatic rings. The third kappa shape index (κ3) is 2.88. The number of carbonyl (C=O) groups is 1. The van der Waals surface area contributed by atoms with E-state index >= 15 is 0 Å². The van der Waals surface area contributed by atoms with Crippen LogP contribution in [-0.2, 0) is 14.3 Å². The summed E-state index contributed by atoms with van der Waals surface area (Å²) in [4.78, 5) is 11.0. The average molecular weight is 168 g/mol. The highest BCUT2D eigenvalue weighted by Crippen LogP contribution is 2.10. The van der Waals surface area contributed by atoms with Gasteiger partial charge in [-0.15, -0.1) is 6.58 Å². The standard InChI is InChI=1S/C9H12O3/c1-3-4-7(2)9(10)12-6-8-5-11-8/h3,8H,1-2,4-6H2. The maximum absolute atomic E-state index is 11.0. The molecule has 0 aliphatic carbocycles. The van der Waals surface area contributed by atoms with Crippen LogP contribution in [-0.4, -0.2) is 25.3 Å². The maximum Gasteiger partial charge on any atom is 0.333 e. The summed E-state index contributed by atoms with van der Waals surface area (Å²) in [7, 11) is 0. The molecule has 0 N–H and O–H groups in total. The van der Waals surface area contributed by atoms with Crippen molar-refractivity contribution in [2.45, 2.75) is 12.5 Å². The van der Waals surface area contributed by atoms with Crippen LogP contribution in [0.2, 0.25) is 0 Å². The zero-order chi connectivity index (χ0) is 8.97. The van der Waals surface area contributed by atoms with Crippen molar-refractivity contribution in [2.75, 3.05) is 13.2 Å². The summed E-state index contributed by atoms with van der Waals surface area (Å²) in [6.45, 7) is 8.09. The molecule has 3 heteroatoms. The summed E-state index contributed by atoms with van der Waals surface area (Å²) in [5.41, 5.74) is 0.436. The number of hydrogen-bond acceptors (Lipinski definition) is 3. The molecular formula is C9H12O3. The zero-order valence-electron chi connectivity index (χ0n) is 6.91. The van der Waals surface area contributed by atoms with E-state index in [1.165, 1.54) is 0 Å². The Bertz CT molecular complexity index is 204. The van der Waals surface area contributed by atoms with Crippen molar-refractivity contribution in [1.29, 1.82) is 0 Å². The van der Waals surface area contributed by atoms with E-state index in [0.717, 1.165) is 0 Å². The lowest BCUT2D eigenvalue weighted by Crippen LogP contribution is -2.11. The van der Waals surface area contributed by atoms with Crippen LogP contribution >= 0.6 is 0 Å². The number of ether oxygens (including phenoxy) is 2. The Kier molecular flexibility index (Phi) is 3.05. The van der Waals surface area contributed by atoms with Gasteiger partial charge in [0.25, 0.3) is 0 Å². The molecular weight excluding hydrogens is 156 g/mol. The number of carbonyl (C=O) groups excluding carboxylic acids is 1. The smallest absolute Gasteiger partial charge is 0.333 e. The van der Waals surface area contributed by atoms with Gasteiger partial charge in [0.15, 0.2) is 0 Å². The lowest BCUT2D eigenvalue weighted by molar-refractivity contribution is -0.139. The second-order valence-electron chi connectivity index (χ2n) is 2.65. The number of esters is 1. The molecule has 0 radical (unpaired) electrons. The Hall–Kier alpha value is -1.09. The lowest BCUT2D eigenvalue weighted by Gasteiger charge is -2.02. The van der Waals surface area contributed by atoms with Gasteiger partial charge in [-0.1, -0.05) is 12.7 Å². The highest BCUT2D eigenvalue weighted by atomic mass is 16.6. The predicted molar refractivity (Wildman–Crippen MR) is 44.7 cm³/mol. The topological polar surface area (TPSA) is 38.8 Å². The van der Waals surface area contributed by atoms with E-state index in [0.29, 0.717) is 25.2 Å². The Balaban J connectivity index is 2.16. The van der Waals surface area contributed by atoms with Gasteiger partial charge in [0.2, 0.25) is 0 Å². The summed E-state index contributed by atoms with van der Waals surface area (Å²) < 4.78 is 9.74. The van der Waals surface area contributed by atoms with Crippen molar-refractivity contribution < 1.29 is 14.3 Å². The van der Waals surface area contributed by atoms with Gasteiger partial charge in [0.05, 0.1) is 6.61 Å². The van der Waals surface area contributed by atoms with Gasteiger partial charge in [-0.2, -0.15) is 0 Å². The molecule has 12 heavy (non-hydrogen) atoms. The van der Waals surface area contributed by atoms with E-state index in [2.05, 4.69) is 13.2 Å². The van der Waals surface area contributed by atoms with E-state index in [4.69, 9.17) is 9.47 Å². The molecule has 1 aliphatic heterocycles. The van der Waals surface area contributed by atoms with Crippen molar-refractivity contribution >= 4 is 5.97 Å². The van der Waals surface area contributed by atoms with Crippen LogP contribution in [0.3, 0.4) is 0 Å². The minimum atomic E-state index is -0.356. The minimum Gasteiger partial charge on any atom is -0.459 e. The maximum atomic E-state index is 11.0. The molecule has 0 aromatic heterocycles. The van der Waals surface area contributed by atoms with Crippen LogP contribution in [0.25, 0.3) is 0 Å². The highest BCUT2D eigenvalue weighted by molar-refractivity contribution is 5.87. The first-order valence-electron chi connectivity index (χ1n) is 3.81. The zero-order valence-corrected chi connectivity index (χ0v) is 6.91. The van der Waals surface area contributed by atoms with Crippen LogP contribution in [0.15, 0.2) is 24.8 Å². The molecule has 0 amide bonds. The van der Waals surface area contributed by atoms with Crippen molar-refractivity contribution in [2.24, 2.45) is 0 Å². The quantitative estimate of drug-likeness (QED) is 0.267. The van der Waals surface area contributed by atoms with Gasteiger partial charge in [-0.3, -0.25) is 0 Å². The summed E-state index contributed by atoms with van der Waals surface area (Å²) >= 11 is 0. The molecule has 3 nitrogen and oxygen atoms in total. The summed E-state index contributed by atoms with van der Waals surface area (Å²) in [5, 5.41) is 0. The molecule has 66 valence electrons. The number of hydrogen-bond donors (Lipinski definition) is 0. The summed E-state index contributed by atoms with van der Waals surface area (Å²) in [6.07, 6.45) is 2.21. The fourth-order valence-electron chi connectivity index (χ4n) is 0.693. The minimum absolute atomic E-state index is 0.116. The average Bonchev–Trinajstić information content (AvgIpc) is 2.83. The molecule has 1 heterocycles. The van der Waals surface area contributed by atoms with E-state index in [1.807, 2.05) is 0 Å². The number of allylic oxidation sites excluding steroid dienone is 1. The van der Waals surface area contributed by atoms with Crippen LogP contribution in [0.5, 0.6) is 0 Å². The molecule has 0 spiro atoms. The van der Waals surface area contributed by atoms with Gasteiger partial charge < -0.3 is 9.47 Å². The van der Waals surface area contributed by atoms with Crippen molar-refractivity contribution in [3.05, 3.63) is 24.8 Å². The Morgan fingerprint density at radius 3 is 2.92 bits per heavy atom. The van der Waals surface area contributed by atoms with Gasteiger partial charge in [0, 0.05) is 5.57 Å². The molecule has 1 saturated heterocycles. The van der Waals surface area contributed by atoms with Crippen LogP contribution in [0, 0.1) is 0 Å². The Labute approximate surface area is 71.7 Å². The van der Waals surface area contributed by atoms with Gasteiger partial charge in [-0.25, -0.2) is 4.79 Å². The Morgan fingerprint density at radius 1 is 1.75 bits per heavy atom. The molecule has 1 atom stereocenters. The normalized spacial score (nSPS) is 19.8. The predicted octanol–water partition coefficient (Wildman–Crippen LogP) is 1.06. The van der Waals surface area contributed by atoms with Crippen LogP contribution < -0.4 is 0 Å². The largest absolute Gasteiger partial charge is 0.459 e. The fourth-order valence-corrected chi connectivity index (χ4v) is 0.693. The van der Waals surface area contributed by atoms with Crippen LogP contribution in [0.1, 0.15) is 6.42 Å². The molecule has 1 rings (SSSR count). The summed E-state index contributed by atoms with van der Waals surface area (Å²) in [6, 6.07) is 0. The summed E-state index contributed by atoms with van der Waals surface area (Å²) in [5.74, 6) is -0.356. The molecule has 0 aromatic carbocycles. The second-order valence-corrected chi connectivity index (χ2v) is 2.65. The first-order chi connectivity index (χ1) is 5.74. The Morgan fingerprint density at radius 2 is 2.42 bits per heavy atom. The van der Waals surface area contributed by atoms with E-state index in [9.17, 15) is 4.79 Å². The number of epoxide rings is 1. The SMILES string of the molecule is C=CCC(=C)C(=O)OCC1CO1. The third-order valence-corrected chi connectivity index (χ3v) is 1.48. The van der Waals surface area contributed by atoms with Crippen molar-refractivity contribution in [1.82, 2.24) is 0 Å². The van der Waals surface area contributed by atoms with E-state index < -0.39 is 0 Å².